The third-order valence-electron chi connectivity index (χ3n) is 2.73. The predicted octanol–water partition coefficient (Wildman–Crippen LogP) is -0.935. The lowest BCUT2D eigenvalue weighted by atomic mass is 10.2. The number of hydrogen-bond acceptors (Lipinski definition) is 8. The Morgan fingerprint density at radius 3 is 1.00 bits per heavy atom. The van der Waals surface area contributed by atoms with Crippen LogP contribution in [0.1, 0.15) is 25.7 Å². The lowest BCUT2D eigenvalue weighted by Gasteiger charge is -1.98. The first-order valence-electron chi connectivity index (χ1n) is 7.25. The monoisotopic (exact) mass is 342 g/mol. The number of carbonyl (C=O) groups excluding carboxylic acids is 4. The molecule has 2 heterocycles. The minimum Gasteiger partial charge on any atom is -0.330 e. The molecule has 10 nitrogen and oxygen atoms in total. The second kappa shape index (κ2) is 12.1. The van der Waals surface area contributed by atoms with Gasteiger partial charge in [-0.1, -0.05) is 12.8 Å². The molecule has 0 aromatic carbocycles. The number of rotatable bonds is 5. The quantitative estimate of drug-likeness (QED) is 0.282. The summed E-state index contributed by atoms with van der Waals surface area (Å²) < 4.78 is 0. The first kappa shape index (κ1) is 21.6. The lowest BCUT2D eigenvalue weighted by Crippen LogP contribution is -2.25. The molecule has 2 rings (SSSR count). The minimum absolute atomic E-state index is 0.0556. The third kappa shape index (κ3) is 8.29. The van der Waals surface area contributed by atoms with Gasteiger partial charge in [0.2, 0.25) is 0 Å². The molecule has 0 unspecified atom stereocenters. The Bertz CT molecular complexity index is 435. The average Bonchev–Trinajstić information content (AvgIpc) is 3.03. The number of hydroxylamine groups is 4. The molecule has 10 heteroatoms. The van der Waals surface area contributed by atoms with Crippen LogP contribution >= 0.6 is 0 Å². The molecular formula is C14H22N4O6. The molecule has 2 aliphatic heterocycles. The van der Waals surface area contributed by atoms with Gasteiger partial charge in [-0.15, -0.1) is 10.1 Å². The maximum atomic E-state index is 10.2. The zero-order chi connectivity index (χ0) is 18.5. The maximum absolute atomic E-state index is 10.2. The highest BCUT2D eigenvalue weighted by Crippen LogP contribution is 1.97. The molecule has 24 heavy (non-hydrogen) atoms. The Hall–Kier alpha value is -2.40. The molecular weight excluding hydrogens is 320 g/mol. The first-order valence-corrected chi connectivity index (χ1v) is 7.25. The van der Waals surface area contributed by atoms with E-state index in [0.29, 0.717) is 0 Å². The SMILES string of the molecule is NCCCCCCN.O=C1C=CC(=O)N1O.O=C1C=CC(=O)N1O. The molecule has 6 N–H and O–H groups in total. The smallest absolute Gasteiger partial charge is 0.277 e. The molecule has 0 fully saturated rings. The summed E-state index contributed by atoms with van der Waals surface area (Å²) in [4.78, 5) is 40.6. The van der Waals surface area contributed by atoms with Gasteiger partial charge in [-0.25, -0.2) is 0 Å². The first-order chi connectivity index (χ1) is 11.3. The van der Waals surface area contributed by atoms with Crippen LogP contribution < -0.4 is 11.5 Å². The molecule has 0 saturated heterocycles. The van der Waals surface area contributed by atoms with Crippen molar-refractivity contribution in [2.45, 2.75) is 25.7 Å². The summed E-state index contributed by atoms with van der Waals surface area (Å²) in [6.07, 6.45) is 8.80. The van der Waals surface area contributed by atoms with E-state index in [1.54, 1.807) is 0 Å². The highest BCUT2D eigenvalue weighted by atomic mass is 16.5. The number of nitrogens with two attached hydrogens (primary N) is 2. The second-order valence-corrected chi connectivity index (χ2v) is 4.63. The Balaban J connectivity index is 0.000000331. The van der Waals surface area contributed by atoms with Crippen LogP contribution in [0, 0.1) is 0 Å². The molecule has 0 bridgehead atoms. The van der Waals surface area contributed by atoms with Crippen molar-refractivity contribution < 1.29 is 29.6 Å². The van der Waals surface area contributed by atoms with E-state index in [1.807, 2.05) is 0 Å². The summed E-state index contributed by atoms with van der Waals surface area (Å²) in [5, 5.41) is 16.8. The molecule has 134 valence electrons. The topological polar surface area (TPSA) is 167 Å². The van der Waals surface area contributed by atoms with E-state index in [0.717, 1.165) is 50.2 Å². The van der Waals surface area contributed by atoms with Crippen molar-refractivity contribution in [3.63, 3.8) is 0 Å². The highest BCUT2D eigenvalue weighted by Gasteiger charge is 2.20. The average molecular weight is 342 g/mol. The summed E-state index contributed by atoms with van der Waals surface area (Å²) in [7, 11) is 0. The largest absolute Gasteiger partial charge is 0.330 e. The predicted molar refractivity (Wildman–Crippen MR) is 82.1 cm³/mol. The van der Waals surface area contributed by atoms with Crippen molar-refractivity contribution in [3.8, 4) is 0 Å². The molecule has 2 aliphatic rings. The van der Waals surface area contributed by atoms with Crippen LogP contribution in [0.15, 0.2) is 24.3 Å². The van der Waals surface area contributed by atoms with Crippen molar-refractivity contribution in [2.75, 3.05) is 13.1 Å². The van der Waals surface area contributed by atoms with E-state index >= 15 is 0 Å². The van der Waals surface area contributed by atoms with E-state index in [1.165, 1.54) is 12.8 Å². The Labute approximate surface area is 138 Å². The van der Waals surface area contributed by atoms with Crippen LogP contribution in [-0.4, -0.2) is 57.3 Å². The standard InChI is InChI=1S/C6H16N2.2C4H3NO3/c7-5-3-1-2-4-6-8;2*6-3-1-2-4(7)5(3)8/h1-8H2;2*1-2,8H. The van der Waals surface area contributed by atoms with Crippen LogP contribution in [0.2, 0.25) is 0 Å². The Kier molecular flexibility index (Phi) is 10.9. The van der Waals surface area contributed by atoms with Gasteiger partial charge in [0, 0.05) is 24.3 Å². The van der Waals surface area contributed by atoms with Gasteiger partial charge < -0.3 is 11.5 Å². The van der Waals surface area contributed by atoms with Crippen molar-refractivity contribution in [2.24, 2.45) is 11.5 Å². The van der Waals surface area contributed by atoms with Crippen molar-refractivity contribution in [1.82, 2.24) is 10.1 Å². The van der Waals surface area contributed by atoms with Crippen molar-refractivity contribution >= 4 is 23.6 Å². The van der Waals surface area contributed by atoms with Crippen LogP contribution in [-0.2, 0) is 19.2 Å². The van der Waals surface area contributed by atoms with Gasteiger partial charge in [-0.2, -0.15) is 0 Å². The van der Waals surface area contributed by atoms with Gasteiger partial charge in [0.25, 0.3) is 23.6 Å². The summed E-state index contributed by atoms with van der Waals surface area (Å²) in [6, 6.07) is 0. The second-order valence-electron chi connectivity index (χ2n) is 4.63. The molecule has 0 spiro atoms. The number of hydrogen-bond donors (Lipinski definition) is 4. The molecule has 0 radical (unpaired) electrons. The van der Waals surface area contributed by atoms with E-state index in [-0.39, 0.29) is 10.1 Å². The summed E-state index contributed by atoms with van der Waals surface area (Å²) in [6.45, 7) is 1.65. The Morgan fingerprint density at radius 1 is 0.625 bits per heavy atom. The van der Waals surface area contributed by atoms with Gasteiger partial charge in [-0.05, 0) is 25.9 Å². The molecule has 0 aliphatic carbocycles. The highest BCUT2D eigenvalue weighted by molar-refractivity contribution is 6.12. The van der Waals surface area contributed by atoms with Gasteiger partial charge in [0.1, 0.15) is 0 Å². The lowest BCUT2D eigenvalue weighted by molar-refractivity contribution is -0.170. The van der Waals surface area contributed by atoms with Crippen LogP contribution in [0.25, 0.3) is 0 Å². The van der Waals surface area contributed by atoms with E-state index in [2.05, 4.69) is 0 Å². The number of nitrogens with zero attached hydrogens (tertiary/aromatic N) is 2. The molecule has 0 aromatic heterocycles. The van der Waals surface area contributed by atoms with Crippen LogP contribution in [0.4, 0.5) is 0 Å². The van der Waals surface area contributed by atoms with Gasteiger partial charge in [0.15, 0.2) is 0 Å². The van der Waals surface area contributed by atoms with Gasteiger partial charge >= 0.3 is 0 Å². The fraction of sp³-hybridized carbons (Fsp3) is 0.429. The van der Waals surface area contributed by atoms with E-state index in [4.69, 9.17) is 21.9 Å². The third-order valence-corrected chi connectivity index (χ3v) is 2.73. The maximum Gasteiger partial charge on any atom is 0.277 e. The van der Waals surface area contributed by atoms with Crippen molar-refractivity contribution in [3.05, 3.63) is 24.3 Å². The summed E-state index contributed by atoms with van der Waals surface area (Å²) in [5.41, 5.74) is 10.6. The number of unbranched alkanes of at least 4 members (excludes halogenated alkanes) is 3. The Morgan fingerprint density at radius 2 is 0.875 bits per heavy atom. The van der Waals surface area contributed by atoms with E-state index in [9.17, 15) is 19.2 Å². The summed E-state index contributed by atoms with van der Waals surface area (Å²) >= 11 is 0. The fourth-order valence-corrected chi connectivity index (χ4v) is 1.43. The van der Waals surface area contributed by atoms with Crippen molar-refractivity contribution in [1.29, 1.82) is 0 Å². The fourth-order valence-electron chi connectivity index (χ4n) is 1.43. The minimum atomic E-state index is -0.685. The van der Waals surface area contributed by atoms with Gasteiger partial charge in [-0.3, -0.25) is 29.6 Å². The molecule has 4 amide bonds. The summed E-state index contributed by atoms with van der Waals surface area (Å²) in [5.74, 6) is -2.74. The number of carbonyl (C=O) groups is 4. The molecule has 0 aromatic rings. The molecule has 0 atom stereocenters. The zero-order valence-electron chi connectivity index (χ0n) is 13.1. The number of amides is 4. The van der Waals surface area contributed by atoms with Crippen LogP contribution in [0.5, 0.6) is 0 Å². The number of imide groups is 2. The van der Waals surface area contributed by atoms with Gasteiger partial charge in [0.05, 0.1) is 0 Å². The van der Waals surface area contributed by atoms with Crippen LogP contribution in [0.3, 0.4) is 0 Å². The molecule has 0 saturated carbocycles. The van der Waals surface area contributed by atoms with E-state index < -0.39 is 23.6 Å². The normalized spacial score (nSPS) is 15.5. The zero-order valence-corrected chi connectivity index (χ0v) is 13.1.